The second-order valence-electron chi connectivity index (χ2n) is 9.99. The van der Waals surface area contributed by atoms with Gasteiger partial charge in [0.15, 0.2) is 4.32 Å². The molecule has 11 heteroatoms. The number of carbonyl (C=O) groups is 2. The molecule has 3 aliphatic rings. The van der Waals surface area contributed by atoms with Crippen molar-refractivity contribution in [3.8, 4) is 0 Å². The predicted molar refractivity (Wildman–Crippen MR) is 155 cm³/mol. The number of aromatic nitrogens is 1. The molecule has 3 fully saturated rings. The number of nitrogens with one attached hydrogen (secondary N) is 1. The number of thioether (sulfide) groups is 1. The molecular formula is C28H26FN5O3S2. The summed E-state index contributed by atoms with van der Waals surface area (Å²) in [5.41, 5.74) is 3.64. The number of anilines is 1. The lowest BCUT2D eigenvalue weighted by molar-refractivity contribution is -0.123. The van der Waals surface area contributed by atoms with E-state index in [9.17, 15) is 14.4 Å². The van der Waals surface area contributed by atoms with Gasteiger partial charge in [0.1, 0.15) is 11.4 Å². The Hall–Kier alpha value is -3.54. The number of halogens is 1. The smallest absolute Gasteiger partial charge is 0.285 e. The maximum Gasteiger partial charge on any atom is 0.285 e. The lowest BCUT2D eigenvalue weighted by Crippen LogP contribution is -2.46. The van der Waals surface area contributed by atoms with Crippen molar-refractivity contribution in [3.05, 3.63) is 80.7 Å². The Morgan fingerprint density at radius 3 is 2.51 bits per heavy atom. The van der Waals surface area contributed by atoms with E-state index >= 15 is 4.39 Å². The van der Waals surface area contributed by atoms with Crippen LogP contribution in [0.1, 0.15) is 34.8 Å². The average Bonchev–Trinajstić information content (AvgIpc) is 3.74. The third kappa shape index (κ3) is 4.97. The summed E-state index contributed by atoms with van der Waals surface area (Å²) in [6.07, 6.45) is 5.03. The quantitative estimate of drug-likeness (QED) is 0.374. The highest BCUT2D eigenvalue weighted by Crippen LogP contribution is 2.38. The molecule has 3 aromatic rings. The maximum atomic E-state index is 15.3. The predicted octanol–water partition coefficient (Wildman–Crippen LogP) is 3.77. The Morgan fingerprint density at radius 1 is 1.10 bits per heavy atom. The third-order valence-electron chi connectivity index (χ3n) is 7.23. The Labute approximate surface area is 234 Å². The Balaban J connectivity index is 1.32. The fraction of sp³-hybridized carbons (Fsp3) is 0.286. The average molecular weight is 564 g/mol. The number of rotatable bonds is 5. The van der Waals surface area contributed by atoms with Gasteiger partial charge in [-0.15, -0.1) is 0 Å². The van der Waals surface area contributed by atoms with Crippen LogP contribution in [0.25, 0.3) is 17.0 Å². The summed E-state index contributed by atoms with van der Waals surface area (Å²) < 4.78 is 17.4. The SMILES string of the molecule is CN1CCN(c2cc3c(cc2F)c(=O)c(C(=O)NN2C(=O)/C(=C/c4ccccc4)SC2=S)cn3C2CC2)CC1. The highest BCUT2D eigenvalue weighted by atomic mass is 32.2. The van der Waals surface area contributed by atoms with Crippen molar-refractivity contribution >= 4 is 62.8 Å². The number of hydrazine groups is 1. The molecule has 1 aliphatic carbocycles. The number of pyridine rings is 1. The van der Waals surface area contributed by atoms with Crippen LogP contribution in [0, 0.1) is 5.82 Å². The summed E-state index contributed by atoms with van der Waals surface area (Å²) in [7, 11) is 2.03. The highest BCUT2D eigenvalue weighted by molar-refractivity contribution is 8.26. The van der Waals surface area contributed by atoms with Gasteiger partial charge in [0.05, 0.1) is 16.1 Å². The molecule has 0 bridgehead atoms. The van der Waals surface area contributed by atoms with Gasteiger partial charge in [-0.2, -0.15) is 5.01 Å². The number of piperazine rings is 1. The van der Waals surface area contributed by atoms with E-state index in [0.717, 1.165) is 48.3 Å². The van der Waals surface area contributed by atoms with Crippen LogP contribution in [0.15, 0.2) is 58.4 Å². The minimum atomic E-state index is -0.767. The molecule has 2 aromatic carbocycles. The largest absolute Gasteiger partial charge is 0.367 e. The monoisotopic (exact) mass is 563 g/mol. The number of benzene rings is 2. The fourth-order valence-electron chi connectivity index (χ4n) is 4.89. The van der Waals surface area contributed by atoms with Crippen LogP contribution in [0.3, 0.4) is 0 Å². The zero-order valence-corrected chi connectivity index (χ0v) is 22.9. The number of thiocarbonyl (C=S) groups is 1. The van der Waals surface area contributed by atoms with Gasteiger partial charge in [0, 0.05) is 43.8 Å². The number of nitrogens with zero attached hydrogens (tertiary/aromatic N) is 4. The summed E-state index contributed by atoms with van der Waals surface area (Å²) in [5.74, 6) is -1.74. The Morgan fingerprint density at radius 2 is 1.82 bits per heavy atom. The lowest BCUT2D eigenvalue weighted by atomic mass is 10.1. The van der Waals surface area contributed by atoms with Crippen LogP contribution in [-0.2, 0) is 4.79 Å². The van der Waals surface area contributed by atoms with Crippen LogP contribution < -0.4 is 15.8 Å². The molecule has 2 aliphatic heterocycles. The minimum absolute atomic E-state index is 0.121. The number of hydrogen-bond acceptors (Lipinski definition) is 7. The first kappa shape index (κ1) is 25.7. The molecule has 1 N–H and O–H groups in total. The van der Waals surface area contributed by atoms with Crippen molar-refractivity contribution in [3.63, 3.8) is 0 Å². The van der Waals surface area contributed by atoms with Crippen LogP contribution in [-0.4, -0.2) is 63.8 Å². The number of hydrogen-bond donors (Lipinski definition) is 1. The zero-order chi connectivity index (χ0) is 27.3. The first-order valence-electron chi connectivity index (χ1n) is 12.8. The molecule has 0 atom stereocenters. The molecule has 1 aromatic heterocycles. The molecule has 8 nitrogen and oxygen atoms in total. The second-order valence-corrected chi connectivity index (χ2v) is 11.7. The van der Waals surface area contributed by atoms with Crippen LogP contribution in [0.5, 0.6) is 0 Å². The number of amides is 2. The molecule has 0 unspecified atom stereocenters. The van der Waals surface area contributed by atoms with Gasteiger partial charge in [-0.25, -0.2) is 4.39 Å². The second kappa shape index (κ2) is 10.2. The molecular weight excluding hydrogens is 537 g/mol. The van der Waals surface area contributed by atoms with Crippen molar-refractivity contribution < 1.29 is 14.0 Å². The van der Waals surface area contributed by atoms with Crippen molar-refractivity contribution in [2.45, 2.75) is 18.9 Å². The zero-order valence-electron chi connectivity index (χ0n) is 21.2. The maximum absolute atomic E-state index is 15.3. The van der Waals surface area contributed by atoms with Gasteiger partial charge in [0.2, 0.25) is 5.43 Å². The van der Waals surface area contributed by atoms with E-state index in [0.29, 0.717) is 29.2 Å². The van der Waals surface area contributed by atoms with Crippen LogP contribution >= 0.6 is 24.0 Å². The molecule has 6 rings (SSSR count). The van der Waals surface area contributed by atoms with E-state index < -0.39 is 23.1 Å². The summed E-state index contributed by atoms with van der Waals surface area (Å²) in [4.78, 5) is 44.4. The van der Waals surface area contributed by atoms with E-state index in [4.69, 9.17) is 12.2 Å². The first-order chi connectivity index (χ1) is 18.8. The van der Waals surface area contributed by atoms with E-state index in [-0.39, 0.29) is 21.3 Å². The van der Waals surface area contributed by atoms with Crippen molar-refractivity contribution in [2.75, 3.05) is 38.1 Å². The number of fused-ring (bicyclic) bond motifs is 1. The standard InChI is InChI=1S/C28H26FN5O3S2/c1-31-9-11-32(12-10-31)23-15-22-19(14-21(23)29)25(35)20(16-33(22)18-7-8-18)26(36)30-34-27(37)24(39-28(34)38)13-17-5-3-2-4-6-17/h2-6,13-16,18H,7-12H2,1H3,(H,30,36)/b24-13-. The fourth-order valence-corrected chi connectivity index (χ4v) is 6.07. The molecule has 3 heterocycles. The summed E-state index contributed by atoms with van der Waals surface area (Å²) in [6.45, 7) is 3.03. The highest BCUT2D eigenvalue weighted by Gasteiger charge is 2.35. The number of likely N-dealkylation sites (N-methyl/N-ethyl adjacent to an activating group) is 1. The van der Waals surface area contributed by atoms with Gasteiger partial charge in [0.25, 0.3) is 11.8 Å². The first-order valence-corrected chi connectivity index (χ1v) is 14.0. The van der Waals surface area contributed by atoms with Crippen LogP contribution in [0.4, 0.5) is 10.1 Å². The molecule has 39 heavy (non-hydrogen) atoms. The van der Waals surface area contributed by atoms with E-state index in [1.807, 2.05) is 46.8 Å². The summed E-state index contributed by atoms with van der Waals surface area (Å²) >= 11 is 6.41. The van der Waals surface area contributed by atoms with Gasteiger partial charge in [-0.1, -0.05) is 42.1 Å². The van der Waals surface area contributed by atoms with Crippen molar-refractivity contribution in [2.24, 2.45) is 0 Å². The normalized spacial score (nSPS) is 19.4. The van der Waals surface area contributed by atoms with Gasteiger partial charge >= 0.3 is 0 Å². The van der Waals surface area contributed by atoms with Gasteiger partial charge in [-0.05, 0) is 55.9 Å². The molecule has 1 saturated carbocycles. The Bertz CT molecular complexity index is 1590. The van der Waals surface area contributed by atoms with E-state index in [1.165, 1.54) is 12.3 Å². The van der Waals surface area contributed by atoms with E-state index in [1.54, 1.807) is 12.1 Å². The van der Waals surface area contributed by atoms with Crippen molar-refractivity contribution in [1.82, 2.24) is 19.9 Å². The molecule has 200 valence electrons. The summed E-state index contributed by atoms with van der Waals surface area (Å²) in [6, 6.07) is 12.4. The molecule has 2 amide bonds. The molecule has 2 saturated heterocycles. The topological polar surface area (TPSA) is 77.9 Å². The van der Waals surface area contributed by atoms with Gasteiger partial charge in [-0.3, -0.25) is 19.8 Å². The molecule has 0 radical (unpaired) electrons. The lowest BCUT2D eigenvalue weighted by Gasteiger charge is -2.34. The van der Waals surface area contributed by atoms with Crippen LogP contribution in [0.2, 0.25) is 0 Å². The van der Waals surface area contributed by atoms with Crippen molar-refractivity contribution in [1.29, 1.82) is 0 Å². The van der Waals surface area contributed by atoms with E-state index in [2.05, 4.69) is 10.3 Å². The molecule has 0 spiro atoms. The Kier molecular flexibility index (Phi) is 6.74. The third-order valence-corrected chi connectivity index (χ3v) is 8.54. The minimum Gasteiger partial charge on any atom is -0.367 e. The number of carbonyl (C=O) groups excluding carboxylic acids is 2. The summed E-state index contributed by atoms with van der Waals surface area (Å²) in [5, 5.41) is 1.12. The van der Waals surface area contributed by atoms with Gasteiger partial charge < -0.3 is 14.4 Å².